The van der Waals surface area contributed by atoms with E-state index >= 15 is 0 Å². The molecule has 0 radical (unpaired) electrons. The van der Waals surface area contributed by atoms with Gasteiger partial charge in [0.1, 0.15) is 11.9 Å². The smallest absolute Gasteiger partial charge is 0.389 e. The lowest BCUT2D eigenvalue weighted by molar-refractivity contribution is -0.151. The number of benzene rings is 1. The van der Waals surface area contributed by atoms with Crippen LogP contribution in [-0.4, -0.2) is 47.6 Å². The average Bonchev–Trinajstić information content (AvgIpc) is 3.40. The van der Waals surface area contributed by atoms with Gasteiger partial charge in [0.25, 0.3) is 10.0 Å². The third kappa shape index (κ3) is 4.77. The molecule has 6 rings (SSSR count). The Balaban J connectivity index is 1.34. The van der Waals surface area contributed by atoms with Crippen molar-refractivity contribution in [2.24, 2.45) is 10.4 Å². The molecule has 0 spiro atoms. The van der Waals surface area contributed by atoms with Gasteiger partial charge in [-0.2, -0.15) is 17.5 Å². The number of halogens is 4. The molecule has 12 heteroatoms. The van der Waals surface area contributed by atoms with Gasteiger partial charge in [0.05, 0.1) is 11.8 Å². The maximum Gasteiger partial charge on any atom is 0.389 e. The Labute approximate surface area is 224 Å². The van der Waals surface area contributed by atoms with Crippen LogP contribution in [0.5, 0.6) is 0 Å². The van der Waals surface area contributed by atoms with E-state index in [1.165, 1.54) is 22.7 Å². The second-order valence-electron chi connectivity index (χ2n) is 11.3. The van der Waals surface area contributed by atoms with Gasteiger partial charge in [-0.15, -0.1) is 0 Å². The van der Waals surface area contributed by atoms with Crippen LogP contribution in [0.4, 0.5) is 13.2 Å². The van der Waals surface area contributed by atoms with Crippen LogP contribution in [-0.2, 0) is 21.4 Å². The second-order valence-corrected chi connectivity index (χ2v) is 13.5. The standard InChI is InChI=1S/C26H29ClF3N3O4S/c1-23(2)21(19(34)5-3-11-26(28,29)30)31-22(32-23)24-14-25(15-24,16-24)33(13-17-7-9-18(27)10-8-17)38(35,36)20-6-4-12-37-20/h4,6-10,12,21H,3,5,11,13-16H2,1-2H3,(H,31,32)/t21-,24?,25?/m0/s1. The van der Waals surface area contributed by atoms with Gasteiger partial charge < -0.3 is 9.73 Å². The molecule has 1 aromatic heterocycles. The molecular formula is C26H29ClF3N3O4S. The molecule has 206 valence electrons. The van der Waals surface area contributed by atoms with E-state index in [9.17, 15) is 26.4 Å². The highest BCUT2D eigenvalue weighted by Gasteiger charge is 2.75. The molecule has 7 nitrogen and oxygen atoms in total. The van der Waals surface area contributed by atoms with Gasteiger partial charge in [-0.3, -0.25) is 9.79 Å². The lowest BCUT2D eigenvalue weighted by Gasteiger charge is -2.72. The van der Waals surface area contributed by atoms with E-state index in [2.05, 4.69) is 10.3 Å². The second kappa shape index (κ2) is 9.09. The van der Waals surface area contributed by atoms with Crippen LogP contribution in [0.15, 0.2) is 57.2 Å². The molecule has 2 aromatic rings. The Morgan fingerprint density at radius 1 is 1.18 bits per heavy atom. The first-order valence-electron chi connectivity index (χ1n) is 12.4. The van der Waals surface area contributed by atoms with E-state index in [-0.39, 0.29) is 30.3 Å². The lowest BCUT2D eigenvalue weighted by Crippen LogP contribution is -2.78. The predicted molar refractivity (Wildman–Crippen MR) is 135 cm³/mol. The van der Waals surface area contributed by atoms with Crippen molar-refractivity contribution in [1.82, 2.24) is 9.62 Å². The summed E-state index contributed by atoms with van der Waals surface area (Å²) in [5.41, 5.74) is -0.981. The van der Waals surface area contributed by atoms with Crippen LogP contribution in [0, 0.1) is 5.41 Å². The van der Waals surface area contributed by atoms with E-state index in [4.69, 9.17) is 16.0 Å². The van der Waals surface area contributed by atoms with Crippen molar-refractivity contribution in [3.05, 3.63) is 53.2 Å². The Kier molecular flexibility index (Phi) is 6.51. The van der Waals surface area contributed by atoms with Crippen molar-refractivity contribution in [2.45, 2.75) is 87.3 Å². The molecule has 1 N–H and O–H groups in total. The number of nitrogens with one attached hydrogen (secondary N) is 1. The van der Waals surface area contributed by atoms with Gasteiger partial charge in [0, 0.05) is 35.4 Å². The Bertz CT molecular complexity index is 1340. The number of hydrogen-bond donors (Lipinski definition) is 1. The summed E-state index contributed by atoms with van der Waals surface area (Å²) in [5, 5.41) is 3.75. The summed E-state index contributed by atoms with van der Waals surface area (Å²) in [7, 11) is -3.94. The van der Waals surface area contributed by atoms with Gasteiger partial charge in [-0.25, -0.2) is 8.42 Å². The van der Waals surface area contributed by atoms with Crippen LogP contribution in [0.3, 0.4) is 0 Å². The number of ketones is 1. The fraction of sp³-hybridized carbons (Fsp3) is 0.538. The molecule has 2 bridgehead atoms. The van der Waals surface area contributed by atoms with Gasteiger partial charge in [0.15, 0.2) is 5.78 Å². The third-order valence-corrected chi connectivity index (χ3v) is 9.97. The van der Waals surface area contributed by atoms with Crippen LogP contribution >= 0.6 is 11.6 Å². The summed E-state index contributed by atoms with van der Waals surface area (Å²) in [6.45, 7) is 3.76. The molecule has 0 saturated heterocycles. The number of rotatable bonds is 10. The minimum Gasteiger partial charge on any atom is -0.452 e. The summed E-state index contributed by atoms with van der Waals surface area (Å²) >= 11 is 6.01. The molecule has 1 aliphatic heterocycles. The highest BCUT2D eigenvalue weighted by Crippen LogP contribution is 2.71. The molecule has 1 aromatic carbocycles. The van der Waals surface area contributed by atoms with Crippen LogP contribution in [0.1, 0.15) is 57.9 Å². The molecule has 0 amide bonds. The molecular weight excluding hydrogens is 543 g/mol. The number of furan rings is 1. The number of amidine groups is 1. The number of carbonyl (C=O) groups is 1. The fourth-order valence-corrected chi connectivity index (χ4v) is 7.87. The monoisotopic (exact) mass is 571 g/mol. The third-order valence-electron chi connectivity index (χ3n) is 7.88. The zero-order valence-corrected chi connectivity index (χ0v) is 22.6. The normalized spacial score (nSPS) is 27.9. The average molecular weight is 572 g/mol. The van der Waals surface area contributed by atoms with Crippen molar-refractivity contribution in [1.29, 1.82) is 0 Å². The van der Waals surface area contributed by atoms with Crippen molar-refractivity contribution >= 4 is 33.2 Å². The van der Waals surface area contributed by atoms with Crippen molar-refractivity contribution < 1.29 is 30.8 Å². The first kappa shape index (κ1) is 27.2. The van der Waals surface area contributed by atoms with Gasteiger partial charge in [-0.05, 0) is 69.4 Å². The topological polar surface area (TPSA) is 92.0 Å². The van der Waals surface area contributed by atoms with Crippen LogP contribution < -0.4 is 5.32 Å². The Hall–Kier alpha value is -2.37. The highest BCUT2D eigenvalue weighted by atomic mass is 35.5. The maximum atomic E-state index is 13.6. The Morgan fingerprint density at radius 3 is 2.42 bits per heavy atom. The first-order chi connectivity index (χ1) is 17.7. The molecule has 3 saturated carbocycles. The van der Waals surface area contributed by atoms with E-state index in [0.29, 0.717) is 30.1 Å². The summed E-state index contributed by atoms with van der Waals surface area (Å²) in [4.78, 5) is 17.4. The molecule has 38 heavy (non-hydrogen) atoms. The predicted octanol–water partition coefficient (Wildman–Crippen LogP) is 5.50. The van der Waals surface area contributed by atoms with Gasteiger partial charge >= 0.3 is 6.18 Å². The van der Waals surface area contributed by atoms with Crippen molar-refractivity contribution in [3.63, 3.8) is 0 Å². The Morgan fingerprint density at radius 2 is 1.84 bits per heavy atom. The number of sulfonamides is 1. The summed E-state index contributed by atoms with van der Waals surface area (Å²) in [6, 6.07) is 9.16. The molecule has 4 aliphatic rings. The largest absolute Gasteiger partial charge is 0.452 e. The zero-order chi connectivity index (χ0) is 27.6. The summed E-state index contributed by atoms with van der Waals surface area (Å²) < 4.78 is 71.6. The summed E-state index contributed by atoms with van der Waals surface area (Å²) in [6.07, 6.45) is -2.89. The van der Waals surface area contributed by atoms with Crippen LogP contribution in [0.2, 0.25) is 5.02 Å². The van der Waals surface area contributed by atoms with Crippen LogP contribution in [0.25, 0.3) is 0 Å². The maximum absolute atomic E-state index is 13.6. The quantitative estimate of drug-likeness (QED) is 0.407. The first-order valence-corrected chi connectivity index (χ1v) is 14.2. The number of aliphatic imine (C=N–C) groups is 1. The van der Waals surface area contributed by atoms with Crippen molar-refractivity contribution in [2.75, 3.05) is 0 Å². The lowest BCUT2D eigenvalue weighted by atomic mass is 9.38. The SMILES string of the molecule is CC1(C)NC(C23CC(N(Cc4ccc(Cl)cc4)S(=O)(=O)c4ccco4)(C2)C3)=N[C@H]1C(=O)CCCC(F)(F)F. The van der Waals surface area contributed by atoms with Crippen molar-refractivity contribution in [3.8, 4) is 0 Å². The number of Topliss-reactive ketones (excluding diaryl/α,β-unsaturated/α-hetero) is 1. The van der Waals surface area contributed by atoms with E-state index < -0.39 is 45.2 Å². The summed E-state index contributed by atoms with van der Waals surface area (Å²) in [5.74, 6) is 0.313. The molecule has 3 aliphatic carbocycles. The molecule has 1 atom stereocenters. The highest BCUT2D eigenvalue weighted by molar-refractivity contribution is 7.89. The van der Waals surface area contributed by atoms with E-state index in [1.54, 1.807) is 24.3 Å². The molecule has 2 heterocycles. The number of nitrogens with zero attached hydrogens (tertiary/aromatic N) is 2. The molecule has 0 unspecified atom stereocenters. The van der Waals surface area contributed by atoms with E-state index in [1.807, 2.05) is 13.8 Å². The zero-order valence-electron chi connectivity index (χ0n) is 21.0. The number of alkyl halides is 3. The number of hydrogen-bond acceptors (Lipinski definition) is 6. The number of carbonyl (C=O) groups excluding carboxylic acids is 1. The van der Waals surface area contributed by atoms with Gasteiger partial charge in [-0.1, -0.05) is 23.7 Å². The van der Waals surface area contributed by atoms with E-state index in [0.717, 1.165) is 5.56 Å². The minimum absolute atomic E-state index is 0.132. The molecule has 3 fully saturated rings. The van der Waals surface area contributed by atoms with Gasteiger partial charge in [0.2, 0.25) is 5.09 Å². The minimum atomic E-state index is -4.30. The fourth-order valence-electron chi connectivity index (χ4n) is 6.07.